The van der Waals surface area contributed by atoms with E-state index in [0.29, 0.717) is 47.2 Å². The SMILES string of the molecule is CN(C(=O)C(C)(C)c1cc(C(F)(F)F)cc(C(F)(F)F)c1)c1cnc(N2CCC(CO)C2)cc1-c1ccccc1Cl. The second-order valence-electron chi connectivity index (χ2n) is 10.6. The van der Waals surface area contributed by atoms with E-state index in [1.54, 1.807) is 30.3 Å². The standard InChI is InChI=1S/C29H28ClF6N3O2/c1-27(2,18-10-19(28(31,32)33)12-20(11-18)29(34,35)36)26(41)38(3)24-14-37-25(39-9-8-17(15-39)16-40)13-22(24)21-6-4-5-7-23(21)30/h4-7,10-14,17,40H,8-9,15-16H2,1-3H3. The number of aliphatic hydroxyl groups is 1. The molecule has 5 nitrogen and oxygen atoms in total. The highest BCUT2D eigenvalue weighted by Gasteiger charge is 2.41. The van der Waals surface area contributed by atoms with Crippen LogP contribution in [0.5, 0.6) is 0 Å². The predicted octanol–water partition coefficient (Wildman–Crippen LogP) is 7.20. The molecule has 0 aliphatic carbocycles. The van der Waals surface area contributed by atoms with Crippen molar-refractivity contribution >= 4 is 29.0 Å². The molecular weight excluding hydrogens is 572 g/mol. The average molecular weight is 600 g/mol. The van der Waals surface area contributed by atoms with Crippen LogP contribution in [0.4, 0.5) is 37.8 Å². The van der Waals surface area contributed by atoms with E-state index in [1.165, 1.54) is 32.0 Å². The van der Waals surface area contributed by atoms with Gasteiger partial charge in [0.1, 0.15) is 5.82 Å². The smallest absolute Gasteiger partial charge is 0.396 e. The third-order valence-corrected chi connectivity index (χ3v) is 7.74. The maximum Gasteiger partial charge on any atom is 0.416 e. The molecule has 41 heavy (non-hydrogen) atoms. The van der Waals surface area contributed by atoms with E-state index in [4.69, 9.17) is 11.6 Å². The molecule has 1 amide bonds. The zero-order valence-corrected chi connectivity index (χ0v) is 23.2. The van der Waals surface area contributed by atoms with E-state index in [9.17, 15) is 36.2 Å². The van der Waals surface area contributed by atoms with Gasteiger partial charge in [0, 0.05) is 48.8 Å². The van der Waals surface area contributed by atoms with Gasteiger partial charge in [0.05, 0.1) is 28.4 Å². The van der Waals surface area contributed by atoms with Crippen molar-refractivity contribution in [2.45, 2.75) is 38.0 Å². The van der Waals surface area contributed by atoms with Gasteiger partial charge in [0.2, 0.25) is 5.91 Å². The topological polar surface area (TPSA) is 56.7 Å². The van der Waals surface area contributed by atoms with Crippen molar-refractivity contribution in [2.75, 3.05) is 36.5 Å². The van der Waals surface area contributed by atoms with E-state index in [0.717, 1.165) is 6.42 Å². The highest BCUT2D eigenvalue weighted by Crippen LogP contribution is 2.42. The third kappa shape index (κ3) is 6.30. The average Bonchev–Trinajstić information content (AvgIpc) is 3.40. The van der Waals surface area contributed by atoms with Crippen LogP contribution in [0.1, 0.15) is 37.0 Å². The maximum atomic E-state index is 13.8. The molecule has 1 fully saturated rings. The third-order valence-electron chi connectivity index (χ3n) is 7.41. The molecule has 2 aromatic carbocycles. The van der Waals surface area contributed by atoms with E-state index in [-0.39, 0.29) is 24.3 Å². The lowest BCUT2D eigenvalue weighted by Gasteiger charge is -2.32. The summed E-state index contributed by atoms with van der Waals surface area (Å²) in [6.07, 6.45) is -7.91. The van der Waals surface area contributed by atoms with Gasteiger partial charge in [-0.05, 0) is 56.2 Å². The highest BCUT2D eigenvalue weighted by atomic mass is 35.5. The second-order valence-corrected chi connectivity index (χ2v) is 11.0. The first-order valence-corrected chi connectivity index (χ1v) is 13.1. The zero-order chi connectivity index (χ0) is 30.3. The van der Waals surface area contributed by atoms with Gasteiger partial charge in [-0.15, -0.1) is 0 Å². The molecule has 0 spiro atoms. The van der Waals surface area contributed by atoms with Crippen molar-refractivity contribution in [3.8, 4) is 11.1 Å². The lowest BCUT2D eigenvalue weighted by Crippen LogP contribution is -2.42. The Morgan fingerprint density at radius 2 is 1.59 bits per heavy atom. The Balaban J connectivity index is 1.79. The number of anilines is 2. The van der Waals surface area contributed by atoms with Crippen LogP contribution >= 0.6 is 11.6 Å². The number of benzene rings is 2. The summed E-state index contributed by atoms with van der Waals surface area (Å²) < 4.78 is 81.2. The van der Waals surface area contributed by atoms with Gasteiger partial charge in [-0.25, -0.2) is 4.98 Å². The fraction of sp³-hybridized carbons (Fsp3) is 0.379. The van der Waals surface area contributed by atoms with Crippen LogP contribution < -0.4 is 9.80 Å². The Kier molecular flexibility index (Phi) is 8.35. The number of carbonyl (C=O) groups is 1. The molecule has 0 radical (unpaired) electrons. The molecule has 1 unspecified atom stereocenters. The van der Waals surface area contributed by atoms with Gasteiger partial charge in [-0.3, -0.25) is 4.79 Å². The van der Waals surface area contributed by atoms with Crippen molar-refractivity contribution in [3.05, 3.63) is 76.4 Å². The van der Waals surface area contributed by atoms with Crippen LogP contribution in [-0.2, 0) is 22.6 Å². The van der Waals surface area contributed by atoms with E-state index in [2.05, 4.69) is 4.98 Å². The van der Waals surface area contributed by atoms with E-state index < -0.39 is 40.4 Å². The van der Waals surface area contributed by atoms with Crippen molar-refractivity contribution in [2.24, 2.45) is 5.92 Å². The summed E-state index contributed by atoms with van der Waals surface area (Å²) in [5.41, 5.74) is -3.91. The molecule has 0 saturated carbocycles. The van der Waals surface area contributed by atoms with Crippen molar-refractivity contribution in [1.82, 2.24) is 4.98 Å². The van der Waals surface area contributed by atoms with E-state index in [1.807, 2.05) is 4.90 Å². The van der Waals surface area contributed by atoms with Crippen LogP contribution in [-0.4, -0.2) is 42.7 Å². The van der Waals surface area contributed by atoms with Crippen LogP contribution in [0, 0.1) is 5.92 Å². The largest absolute Gasteiger partial charge is 0.416 e. The zero-order valence-electron chi connectivity index (χ0n) is 22.4. The first kappa shape index (κ1) is 30.6. The first-order chi connectivity index (χ1) is 19.0. The Labute approximate surface area is 238 Å². The summed E-state index contributed by atoms with van der Waals surface area (Å²) in [7, 11) is 1.39. The molecule has 12 heteroatoms. The molecule has 1 saturated heterocycles. The molecule has 1 atom stereocenters. The van der Waals surface area contributed by atoms with Crippen molar-refractivity contribution in [1.29, 1.82) is 0 Å². The fourth-order valence-corrected chi connectivity index (χ4v) is 5.17. The number of pyridine rings is 1. The number of carbonyl (C=O) groups excluding carboxylic acids is 1. The van der Waals surface area contributed by atoms with Crippen molar-refractivity contribution in [3.63, 3.8) is 0 Å². The Bertz CT molecular complexity index is 1410. The number of hydrogen-bond donors (Lipinski definition) is 1. The molecule has 2 heterocycles. The number of nitrogens with zero attached hydrogens (tertiary/aromatic N) is 3. The summed E-state index contributed by atoms with van der Waals surface area (Å²) in [5.74, 6) is -0.0962. The number of aliphatic hydroxyl groups excluding tert-OH is 1. The lowest BCUT2D eigenvalue weighted by molar-refractivity contribution is -0.143. The maximum absolute atomic E-state index is 13.8. The van der Waals surface area contributed by atoms with Gasteiger partial charge in [-0.2, -0.15) is 26.3 Å². The number of alkyl halides is 6. The summed E-state index contributed by atoms with van der Waals surface area (Å²) in [4.78, 5) is 21.5. The van der Waals surface area contributed by atoms with Gasteiger partial charge in [0.15, 0.2) is 0 Å². The molecule has 1 aliphatic rings. The molecule has 1 N–H and O–H groups in total. The summed E-state index contributed by atoms with van der Waals surface area (Å²) >= 11 is 6.50. The minimum absolute atomic E-state index is 0.0316. The number of likely N-dealkylation sites (N-methyl/N-ethyl adjacent to an activating group) is 1. The fourth-order valence-electron chi connectivity index (χ4n) is 4.93. The summed E-state index contributed by atoms with van der Waals surface area (Å²) in [6.45, 7) is 3.81. The number of hydrogen-bond acceptors (Lipinski definition) is 4. The molecule has 0 bridgehead atoms. The van der Waals surface area contributed by atoms with Gasteiger partial charge < -0.3 is 14.9 Å². The molecule has 3 aromatic rings. The Morgan fingerprint density at radius 3 is 2.12 bits per heavy atom. The van der Waals surface area contributed by atoms with Gasteiger partial charge >= 0.3 is 12.4 Å². The van der Waals surface area contributed by atoms with Crippen LogP contribution in [0.15, 0.2) is 54.7 Å². The predicted molar refractivity (Wildman–Crippen MR) is 145 cm³/mol. The quantitative estimate of drug-likeness (QED) is 0.305. The Morgan fingerprint density at radius 1 is 1.00 bits per heavy atom. The molecule has 1 aliphatic heterocycles. The molecule has 1 aromatic heterocycles. The van der Waals surface area contributed by atoms with Crippen molar-refractivity contribution < 1.29 is 36.2 Å². The minimum Gasteiger partial charge on any atom is -0.396 e. The van der Waals surface area contributed by atoms with Crippen LogP contribution in [0.2, 0.25) is 5.02 Å². The molecule has 4 rings (SSSR count). The molecular formula is C29H28ClF6N3O2. The van der Waals surface area contributed by atoms with Crippen LogP contribution in [0.25, 0.3) is 11.1 Å². The number of amides is 1. The lowest BCUT2D eigenvalue weighted by atomic mass is 9.81. The summed E-state index contributed by atoms with van der Waals surface area (Å²) in [6, 6.07) is 9.78. The number of aromatic nitrogens is 1. The van der Waals surface area contributed by atoms with Gasteiger partial charge in [-0.1, -0.05) is 29.8 Å². The van der Waals surface area contributed by atoms with Crippen LogP contribution in [0.3, 0.4) is 0 Å². The summed E-state index contributed by atoms with van der Waals surface area (Å²) in [5, 5.41) is 9.91. The number of rotatable bonds is 6. The monoisotopic (exact) mass is 599 g/mol. The van der Waals surface area contributed by atoms with Gasteiger partial charge in [0.25, 0.3) is 0 Å². The number of halogens is 7. The molecule has 220 valence electrons. The highest BCUT2D eigenvalue weighted by molar-refractivity contribution is 6.33. The minimum atomic E-state index is -5.05. The normalized spacial score (nSPS) is 16.3. The van der Waals surface area contributed by atoms with E-state index >= 15 is 0 Å². The second kappa shape index (κ2) is 11.2. The first-order valence-electron chi connectivity index (χ1n) is 12.7. The Hall–Kier alpha value is -3.31.